The van der Waals surface area contributed by atoms with Crippen LogP contribution in [0.3, 0.4) is 0 Å². The molecule has 0 N–H and O–H groups in total. The quantitative estimate of drug-likeness (QED) is 0.396. The van der Waals surface area contributed by atoms with Gasteiger partial charge in [-0.15, -0.1) is 0 Å². The maximum absolute atomic E-state index is 9.98. The molecule has 0 fully saturated rings. The SMILES string of the molecule is CON(C=O)C(C)C. The second-order valence-electron chi connectivity index (χ2n) is 1.74. The van der Waals surface area contributed by atoms with Gasteiger partial charge in [0.05, 0.1) is 13.2 Å². The lowest BCUT2D eigenvalue weighted by Crippen LogP contribution is -2.27. The lowest BCUT2D eigenvalue weighted by molar-refractivity contribution is -0.169. The predicted octanol–water partition coefficient (Wildman–Crippen LogP) is 0.415. The molecule has 0 saturated heterocycles. The maximum Gasteiger partial charge on any atom is 0.233 e. The van der Waals surface area contributed by atoms with Gasteiger partial charge in [0.1, 0.15) is 0 Å². The van der Waals surface area contributed by atoms with E-state index in [1.807, 2.05) is 13.8 Å². The average Bonchev–Trinajstić information content (AvgIpc) is 1.69. The molecule has 0 atom stereocenters. The lowest BCUT2D eigenvalue weighted by atomic mass is 10.4. The van der Waals surface area contributed by atoms with Crippen molar-refractivity contribution in [1.82, 2.24) is 5.06 Å². The fourth-order valence-electron chi connectivity index (χ4n) is 0.376. The molecule has 0 spiro atoms. The Balaban J connectivity index is 3.51. The number of hydroxylamine groups is 2. The zero-order valence-electron chi connectivity index (χ0n) is 5.42. The summed E-state index contributed by atoms with van der Waals surface area (Å²) in [5.74, 6) is 0. The molecule has 0 radical (unpaired) electrons. The second-order valence-corrected chi connectivity index (χ2v) is 1.74. The number of hydrogen-bond donors (Lipinski definition) is 0. The van der Waals surface area contributed by atoms with Gasteiger partial charge >= 0.3 is 0 Å². The van der Waals surface area contributed by atoms with Crippen LogP contribution in [0.25, 0.3) is 0 Å². The summed E-state index contributed by atoms with van der Waals surface area (Å²) >= 11 is 0. The number of hydrogen-bond acceptors (Lipinski definition) is 2. The van der Waals surface area contributed by atoms with Crippen LogP contribution in [0.4, 0.5) is 0 Å². The van der Waals surface area contributed by atoms with Crippen molar-refractivity contribution in [2.75, 3.05) is 7.11 Å². The third-order valence-corrected chi connectivity index (χ3v) is 0.824. The summed E-state index contributed by atoms with van der Waals surface area (Å²) in [5, 5.41) is 1.24. The highest BCUT2D eigenvalue weighted by Gasteiger charge is 2.01. The predicted molar refractivity (Wildman–Crippen MR) is 30.0 cm³/mol. The normalized spacial score (nSPS) is 9.50. The third kappa shape index (κ3) is 1.93. The Morgan fingerprint density at radius 1 is 1.62 bits per heavy atom. The van der Waals surface area contributed by atoms with Crippen molar-refractivity contribution >= 4 is 6.41 Å². The molecule has 0 aliphatic carbocycles. The molecule has 3 nitrogen and oxygen atoms in total. The van der Waals surface area contributed by atoms with Gasteiger partial charge in [0.15, 0.2) is 0 Å². The van der Waals surface area contributed by atoms with Gasteiger partial charge in [0.2, 0.25) is 6.41 Å². The highest BCUT2D eigenvalue weighted by molar-refractivity contribution is 5.45. The monoisotopic (exact) mass is 117 g/mol. The molecule has 0 heterocycles. The van der Waals surface area contributed by atoms with Gasteiger partial charge in [-0.1, -0.05) is 0 Å². The summed E-state index contributed by atoms with van der Waals surface area (Å²) in [4.78, 5) is 14.6. The van der Waals surface area contributed by atoms with Crippen molar-refractivity contribution in [2.24, 2.45) is 0 Å². The third-order valence-electron chi connectivity index (χ3n) is 0.824. The van der Waals surface area contributed by atoms with Crippen molar-refractivity contribution in [3.8, 4) is 0 Å². The van der Waals surface area contributed by atoms with E-state index >= 15 is 0 Å². The topological polar surface area (TPSA) is 29.5 Å². The van der Waals surface area contributed by atoms with E-state index in [9.17, 15) is 4.79 Å². The Kier molecular flexibility index (Phi) is 3.19. The molecule has 0 saturated carbocycles. The van der Waals surface area contributed by atoms with Crippen molar-refractivity contribution in [1.29, 1.82) is 0 Å². The molecule has 0 aliphatic rings. The summed E-state index contributed by atoms with van der Waals surface area (Å²) in [5.41, 5.74) is 0. The zero-order valence-corrected chi connectivity index (χ0v) is 5.42. The number of amides is 1. The average molecular weight is 117 g/mol. The Bertz CT molecular complexity index is 72.8. The van der Waals surface area contributed by atoms with Crippen LogP contribution in [0.15, 0.2) is 0 Å². The van der Waals surface area contributed by atoms with E-state index in [0.717, 1.165) is 0 Å². The van der Waals surface area contributed by atoms with Crippen molar-refractivity contribution in [3.63, 3.8) is 0 Å². The first-order valence-electron chi connectivity index (χ1n) is 2.50. The van der Waals surface area contributed by atoms with Crippen LogP contribution < -0.4 is 0 Å². The molecule has 0 aromatic rings. The van der Waals surface area contributed by atoms with Gasteiger partial charge in [-0.3, -0.25) is 9.63 Å². The number of carbonyl (C=O) groups is 1. The van der Waals surface area contributed by atoms with Crippen molar-refractivity contribution < 1.29 is 9.63 Å². The van der Waals surface area contributed by atoms with E-state index in [4.69, 9.17) is 0 Å². The summed E-state index contributed by atoms with van der Waals surface area (Å²) in [6, 6.07) is 0.123. The largest absolute Gasteiger partial charge is 0.276 e. The van der Waals surface area contributed by atoms with E-state index < -0.39 is 0 Å². The fraction of sp³-hybridized carbons (Fsp3) is 0.800. The minimum atomic E-state index is 0.123. The van der Waals surface area contributed by atoms with E-state index in [1.54, 1.807) is 0 Å². The molecule has 0 aliphatic heterocycles. The summed E-state index contributed by atoms with van der Waals surface area (Å²) in [6.45, 7) is 3.75. The number of nitrogens with zero attached hydrogens (tertiary/aromatic N) is 1. The van der Waals surface area contributed by atoms with Crippen LogP contribution in [0.2, 0.25) is 0 Å². The molecule has 0 aromatic carbocycles. The van der Waals surface area contributed by atoms with Gasteiger partial charge in [-0.25, -0.2) is 5.06 Å². The lowest BCUT2D eigenvalue weighted by Gasteiger charge is -2.16. The fourth-order valence-corrected chi connectivity index (χ4v) is 0.376. The van der Waals surface area contributed by atoms with Gasteiger partial charge in [0, 0.05) is 0 Å². The molecular formula is C5H11NO2. The minimum Gasteiger partial charge on any atom is -0.276 e. The Morgan fingerprint density at radius 3 is 2.12 bits per heavy atom. The van der Waals surface area contributed by atoms with Crippen molar-refractivity contribution in [3.05, 3.63) is 0 Å². The van der Waals surface area contributed by atoms with Gasteiger partial charge < -0.3 is 0 Å². The van der Waals surface area contributed by atoms with Gasteiger partial charge in [-0.2, -0.15) is 0 Å². The van der Waals surface area contributed by atoms with E-state index in [-0.39, 0.29) is 6.04 Å². The molecule has 0 aromatic heterocycles. The maximum atomic E-state index is 9.98. The molecular weight excluding hydrogens is 106 g/mol. The van der Waals surface area contributed by atoms with E-state index in [1.165, 1.54) is 12.2 Å². The Hall–Kier alpha value is -0.570. The van der Waals surface area contributed by atoms with Crippen LogP contribution in [-0.2, 0) is 9.63 Å². The van der Waals surface area contributed by atoms with Crippen LogP contribution in [-0.4, -0.2) is 24.6 Å². The number of carbonyl (C=O) groups excluding carboxylic acids is 1. The zero-order chi connectivity index (χ0) is 6.57. The summed E-state index contributed by atoms with van der Waals surface area (Å²) in [7, 11) is 1.47. The Morgan fingerprint density at radius 2 is 2.12 bits per heavy atom. The first-order valence-corrected chi connectivity index (χ1v) is 2.50. The summed E-state index contributed by atoms with van der Waals surface area (Å²) in [6.07, 6.45) is 0.657. The highest BCUT2D eigenvalue weighted by atomic mass is 16.7. The first kappa shape index (κ1) is 7.43. The highest BCUT2D eigenvalue weighted by Crippen LogP contribution is 1.90. The van der Waals surface area contributed by atoms with Crippen LogP contribution in [0, 0.1) is 0 Å². The molecule has 1 amide bonds. The van der Waals surface area contributed by atoms with E-state index in [0.29, 0.717) is 6.41 Å². The summed E-state index contributed by atoms with van der Waals surface area (Å²) < 4.78 is 0. The second kappa shape index (κ2) is 3.43. The molecule has 8 heavy (non-hydrogen) atoms. The minimum absolute atomic E-state index is 0.123. The van der Waals surface area contributed by atoms with Crippen LogP contribution >= 0.6 is 0 Å². The number of rotatable bonds is 3. The van der Waals surface area contributed by atoms with Gasteiger partial charge in [0.25, 0.3) is 0 Å². The van der Waals surface area contributed by atoms with Crippen LogP contribution in [0.5, 0.6) is 0 Å². The van der Waals surface area contributed by atoms with Crippen LogP contribution in [0.1, 0.15) is 13.8 Å². The van der Waals surface area contributed by atoms with E-state index in [2.05, 4.69) is 4.84 Å². The first-order chi connectivity index (χ1) is 3.72. The van der Waals surface area contributed by atoms with Gasteiger partial charge in [-0.05, 0) is 13.8 Å². The standard InChI is InChI=1S/C5H11NO2/c1-5(2)6(4-7)8-3/h4-5H,1-3H3. The smallest absolute Gasteiger partial charge is 0.233 e. The molecule has 0 unspecified atom stereocenters. The molecule has 48 valence electrons. The molecule has 0 bridgehead atoms. The molecule has 3 heteroatoms. The van der Waals surface area contributed by atoms with Crippen molar-refractivity contribution in [2.45, 2.75) is 19.9 Å². The Labute approximate surface area is 49.2 Å². The molecule has 0 rings (SSSR count).